The number of esters is 1. The van der Waals surface area contributed by atoms with E-state index in [-0.39, 0.29) is 17.4 Å². The van der Waals surface area contributed by atoms with Gasteiger partial charge >= 0.3 is 5.97 Å². The van der Waals surface area contributed by atoms with E-state index in [0.29, 0.717) is 22.4 Å². The average Bonchev–Trinajstić information content (AvgIpc) is 2.59. The third kappa shape index (κ3) is 3.07. The number of ether oxygens (including phenoxy) is 3. The lowest BCUT2D eigenvalue weighted by molar-refractivity contribution is 0.0600. The van der Waals surface area contributed by atoms with Gasteiger partial charge in [0, 0.05) is 17.7 Å². The third-order valence-electron chi connectivity index (χ3n) is 3.91. The highest BCUT2D eigenvalue weighted by Crippen LogP contribution is 2.41. The molecule has 0 saturated heterocycles. The highest BCUT2D eigenvalue weighted by molar-refractivity contribution is 5.94. The summed E-state index contributed by atoms with van der Waals surface area (Å²) >= 11 is 0. The molecule has 0 aliphatic carbocycles. The molecule has 0 bridgehead atoms. The van der Waals surface area contributed by atoms with E-state index < -0.39 is 17.6 Å². The standard InChI is InChI=1S/C19H16F2O4/c1-10-6-14(18-15(21)8-12(20)9-17(18)23-2)13-7-11(19(22)24-3)4-5-16(13)25-10/h4-10H,1-3H3. The summed E-state index contributed by atoms with van der Waals surface area (Å²) in [4.78, 5) is 11.8. The number of hydrogen-bond acceptors (Lipinski definition) is 4. The first-order chi connectivity index (χ1) is 11.9. The molecule has 1 aliphatic heterocycles. The van der Waals surface area contributed by atoms with Crippen LogP contribution in [0.4, 0.5) is 8.78 Å². The molecular formula is C19H16F2O4. The van der Waals surface area contributed by atoms with Crippen molar-refractivity contribution in [2.75, 3.05) is 14.2 Å². The van der Waals surface area contributed by atoms with E-state index in [0.717, 1.165) is 12.1 Å². The van der Waals surface area contributed by atoms with Gasteiger partial charge in [0.15, 0.2) is 0 Å². The largest absolute Gasteiger partial charge is 0.496 e. The highest BCUT2D eigenvalue weighted by Gasteiger charge is 2.26. The zero-order valence-electron chi connectivity index (χ0n) is 13.9. The van der Waals surface area contributed by atoms with Crippen LogP contribution in [0.25, 0.3) is 5.57 Å². The van der Waals surface area contributed by atoms with E-state index in [2.05, 4.69) is 0 Å². The molecule has 0 N–H and O–H groups in total. The summed E-state index contributed by atoms with van der Waals surface area (Å²) in [6.45, 7) is 1.80. The van der Waals surface area contributed by atoms with Crippen LogP contribution >= 0.6 is 0 Å². The normalized spacial score (nSPS) is 15.7. The van der Waals surface area contributed by atoms with Crippen molar-refractivity contribution in [1.82, 2.24) is 0 Å². The fourth-order valence-electron chi connectivity index (χ4n) is 2.84. The molecule has 25 heavy (non-hydrogen) atoms. The first kappa shape index (κ1) is 17.0. The number of carbonyl (C=O) groups excluding carboxylic acids is 1. The molecular weight excluding hydrogens is 330 g/mol. The van der Waals surface area contributed by atoms with Gasteiger partial charge in [-0.25, -0.2) is 13.6 Å². The van der Waals surface area contributed by atoms with Crippen molar-refractivity contribution in [2.45, 2.75) is 13.0 Å². The Morgan fingerprint density at radius 1 is 1.16 bits per heavy atom. The van der Waals surface area contributed by atoms with Gasteiger partial charge in [0.25, 0.3) is 0 Å². The van der Waals surface area contributed by atoms with E-state index in [1.165, 1.54) is 14.2 Å². The number of benzene rings is 2. The molecule has 0 fully saturated rings. The molecule has 1 aliphatic rings. The lowest BCUT2D eigenvalue weighted by Gasteiger charge is -2.25. The van der Waals surface area contributed by atoms with E-state index in [1.807, 2.05) is 0 Å². The lowest BCUT2D eigenvalue weighted by Crippen LogP contribution is -2.17. The molecule has 1 heterocycles. The molecule has 0 saturated carbocycles. The van der Waals surface area contributed by atoms with Crippen LogP contribution in [-0.2, 0) is 4.74 Å². The van der Waals surface area contributed by atoms with Gasteiger partial charge in [-0.1, -0.05) is 0 Å². The Kier molecular flexibility index (Phi) is 4.44. The number of halogens is 2. The molecule has 0 radical (unpaired) electrons. The second-order valence-corrected chi connectivity index (χ2v) is 5.57. The van der Waals surface area contributed by atoms with E-state index in [4.69, 9.17) is 14.2 Å². The summed E-state index contributed by atoms with van der Waals surface area (Å²) < 4.78 is 43.7. The van der Waals surface area contributed by atoms with Crippen molar-refractivity contribution in [3.63, 3.8) is 0 Å². The van der Waals surface area contributed by atoms with Gasteiger partial charge in [-0.2, -0.15) is 0 Å². The molecule has 2 aromatic rings. The summed E-state index contributed by atoms with van der Waals surface area (Å²) in [6, 6.07) is 6.66. The third-order valence-corrected chi connectivity index (χ3v) is 3.91. The van der Waals surface area contributed by atoms with E-state index >= 15 is 0 Å². The maximum absolute atomic E-state index is 14.5. The van der Waals surface area contributed by atoms with Crippen LogP contribution < -0.4 is 9.47 Å². The van der Waals surface area contributed by atoms with Gasteiger partial charge in [0.1, 0.15) is 29.2 Å². The molecule has 1 unspecified atom stereocenters. The molecule has 2 aromatic carbocycles. The molecule has 1 atom stereocenters. The smallest absolute Gasteiger partial charge is 0.337 e. The zero-order chi connectivity index (χ0) is 18.1. The van der Waals surface area contributed by atoms with Crippen molar-refractivity contribution in [2.24, 2.45) is 0 Å². The molecule has 0 amide bonds. The second kappa shape index (κ2) is 6.55. The molecule has 0 aromatic heterocycles. The quantitative estimate of drug-likeness (QED) is 0.789. The van der Waals surface area contributed by atoms with Gasteiger partial charge in [-0.3, -0.25) is 0 Å². The van der Waals surface area contributed by atoms with Gasteiger partial charge in [-0.05, 0) is 36.8 Å². The minimum absolute atomic E-state index is 0.0623. The van der Waals surface area contributed by atoms with E-state index in [9.17, 15) is 13.6 Å². The van der Waals surface area contributed by atoms with Crippen LogP contribution in [-0.4, -0.2) is 26.3 Å². The van der Waals surface area contributed by atoms with Crippen molar-refractivity contribution >= 4 is 11.5 Å². The van der Waals surface area contributed by atoms with Crippen LogP contribution in [0.3, 0.4) is 0 Å². The molecule has 0 spiro atoms. The predicted molar refractivity (Wildman–Crippen MR) is 87.9 cm³/mol. The Morgan fingerprint density at radius 3 is 2.60 bits per heavy atom. The van der Waals surface area contributed by atoms with Crippen molar-refractivity contribution < 1.29 is 27.8 Å². The van der Waals surface area contributed by atoms with Gasteiger partial charge in [0.2, 0.25) is 0 Å². The molecule has 130 valence electrons. The Morgan fingerprint density at radius 2 is 1.92 bits per heavy atom. The van der Waals surface area contributed by atoms with Crippen molar-refractivity contribution in [3.8, 4) is 11.5 Å². The maximum atomic E-state index is 14.5. The minimum atomic E-state index is -0.758. The Labute approximate surface area is 143 Å². The minimum Gasteiger partial charge on any atom is -0.496 e. The average molecular weight is 346 g/mol. The highest BCUT2D eigenvalue weighted by atomic mass is 19.1. The first-order valence-electron chi connectivity index (χ1n) is 7.59. The van der Waals surface area contributed by atoms with Crippen LogP contribution in [0.5, 0.6) is 11.5 Å². The zero-order valence-corrected chi connectivity index (χ0v) is 13.9. The number of methoxy groups -OCH3 is 2. The van der Waals surface area contributed by atoms with Crippen LogP contribution in [0, 0.1) is 11.6 Å². The summed E-state index contributed by atoms with van der Waals surface area (Å²) in [5, 5.41) is 0. The fourth-order valence-corrected chi connectivity index (χ4v) is 2.84. The van der Waals surface area contributed by atoms with Gasteiger partial charge in [-0.15, -0.1) is 0 Å². The maximum Gasteiger partial charge on any atom is 0.337 e. The number of carbonyl (C=O) groups is 1. The molecule has 4 nitrogen and oxygen atoms in total. The van der Waals surface area contributed by atoms with Crippen molar-refractivity contribution in [3.05, 3.63) is 64.7 Å². The van der Waals surface area contributed by atoms with E-state index in [1.54, 1.807) is 31.2 Å². The SMILES string of the molecule is COC(=O)c1ccc2c(c1)C(c1c(F)cc(F)cc1OC)=CC(C)O2. The predicted octanol–water partition coefficient (Wildman–Crippen LogP) is 3.97. The summed E-state index contributed by atoms with van der Waals surface area (Å²) in [6.07, 6.45) is 1.36. The topological polar surface area (TPSA) is 44.8 Å². The Balaban J connectivity index is 2.23. The lowest BCUT2D eigenvalue weighted by atomic mass is 9.91. The van der Waals surface area contributed by atoms with Gasteiger partial charge in [0.05, 0.1) is 25.3 Å². The summed E-state index contributed by atoms with van der Waals surface area (Å²) in [5.74, 6) is -1.46. The Hall–Kier alpha value is -2.89. The fraction of sp³-hybridized carbons (Fsp3) is 0.211. The van der Waals surface area contributed by atoms with Crippen LogP contribution in [0.2, 0.25) is 0 Å². The van der Waals surface area contributed by atoms with Crippen LogP contribution in [0.15, 0.2) is 36.4 Å². The van der Waals surface area contributed by atoms with Crippen molar-refractivity contribution in [1.29, 1.82) is 0 Å². The first-order valence-corrected chi connectivity index (χ1v) is 7.59. The monoisotopic (exact) mass is 346 g/mol. The number of fused-ring (bicyclic) bond motifs is 1. The number of rotatable bonds is 3. The second-order valence-electron chi connectivity index (χ2n) is 5.57. The van der Waals surface area contributed by atoms with Crippen LogP contribution in [0.1, 0.15) is 28.4 Å². The molecule has 3 rings (SSSR count). The number of hydrogen-bond donors (Lipinski definition) is 0. The van der Waals surface area contributed by atoms with Gasteiger partial charge < -0.3 is 14.2 Å². The Bertz CT molecular complexity index is 874. The molecule has 6 heteroatoms. The summed E-state index contributed by atoms with van der Waals surface area (Å²) in [7, 11) is 2.62. The summed E-state index contributed by atoms with van der Waals surface area (Å²) in [5.41, 5.74) is 1.38.